The maximum absolute atomic E-state index is 12.8. The normalized spacial score (nSPS) is 14.8. The lowest BCUT2D eigenvalue weighted by Crippen LogP contribution is -2.34. The summed E-state index contributed by atoms with van der Waals surface area (Å²) >= 11 is 5.23. The molecular formula is C24H31N3O3S2. The number of amides is 1. The molecule has 8 heteroatoms. The molecule has 1 saturated carbocycles. The Labute approximate surface area is 196 Å². The van der Waals surface area contributed by atoms with Gasteiger partial charge in [0.1, 0.15) is 0 Å². The van der Waals surface area contributed by atoms with E-state index in [4.69, 9.17) is 12.2 Å². The van der Waals surface area contributed by atoms with Gasteiger partial charge in [0.2, 0.25) is 15.9 Å². The van der Waals surface area contributed by atoms with Crippen LogP contribution in [-0.2, 0) is 21.4 Å². The number of hydrogen-bond acceptors (Lipinski definition) is 4. The Morgan fingerprint density at radius 1 is 1.03 bits per heavy atom. The number of thiocarbonyl (C=S) groups is 1. The highest BCUT2D eigenvalue weighted by atomic mass is 32.2. The number of benzene rings is 2. The largest absolute Gasteiger partial charge is 0.332 e. The molecule has 0 heterocycles. The maximum Gasteiger partial charge on any atom is 0.243 e. The smallest absolute Gasteiger partial charge is 0.243 e. The van der Waals surface area contributed by atoms with Crippen molar-refractivity contribution in [3.63, 3.8) is 0 Å². The SMILES string of the molecule is CN(Cc1ccccc1)S(=O)(=O)c1ccc(NC(=S)NC(=O)CCC2CCCCC2)cc1. The van der Waals surface area contributed by atoms with Gasteiger partial charge in [-0.05, 0) is 54.4 Å². The van der Waals surface area contributed by atoms with Crippen molar-refractivity contribution >= 4 is 38.9 Å². The quantitative estimate of drug-likeness (QED) is 0.544. The van der Waals surface area contributed by atoms with Gasteiger partial charge in [-0.15, -0.1) is 0 Å². The highest BCUT2D eigenvalue weighted by Gasteiger charge is 2.21. The minimum atomic E-state index is -3.62. The minimum Gasteiger partial charge on any atom is -0.332 e. The average molecular weight is 474 g/mol. The van der Waals surface area contributed by atoms with Gasteiger partial charge >= 0.3 is 0 Å². The van der Waals surface area contributed by atoms with Crippen molar-refractivity contribution in [1.29, 1.82) is 0 Å². The lowest BCUT2D eigenvalue weighted by molar-refractivity contribution is -0.120. The topological polar surface area (TPSA) is 78.5 Å². The number of nitrogens with zero attached hydrogens (tertiary/aromatic N) is 1. The van der Waals surface area contributed by atoms with Crippen LogP contribution in [0, 0.1) is 5.92 Å². The Morgan fingerprint density at radius 2 is 1.69 bits per heavy atom. The summed E-state index contributed by atoms with van der Waals surface area (Å²) in [5.74, 6) is 0.556. The van der Waals surface area contributed by atoms with E-state index in [2.05, 4.69) is 10.6 Å². The number of anilines is 1. The monoisotopic (exact) mass is 473 g/mol. The van der Waals surface area contributed by atoms with Crippen LogP contribution in [0.4, 0.5) is 5.69 Å². The number of sulfonamides is 1. The van der Waals surface area contributed by atoms with E-state index in [0.717, 1.165) is 12.0 Å². The molecule has 1 aliphatic rings. The first-order chi connectivity index (χ1) is 15.3. The van der Waals surface area contributed by atoms with E-state index in [1.807, 2.05) is 30.3 Å². The molecule has 2 N–H and O–H groups in total. The van der Waals surface area contributed by atoms with Gasteiger partial charge in [-0.2, -0.15) is 4.31 Å². The van der Waals surface area contributed by atoms with E-state index in [0.29, 0.717) is 24.6 Å². The molecule has 32 heavy (non-hydrogen) atoms. The van der Waals surface area contributed by atoms with Gasteiger partial charge in [0.25, 0.3) is 0 Å². The molecule has 1 amide bonds. The van der Waals surface area contributed by atoms with Gasteiger partial charge in [0.05, 0.1) is 4.90 Å². The Hall–Kier alpha value is -2.29. The van der Waals surface area contributed by atoms with E-state index < -0.39 is 10.0 Å². The predicted octanol–water partition coefficient (Wildman–Crippen LogP) is 4.68. The third-order valence-electron chi connectivity index (χ3n) is 5.83. The van der Waals surface area contributed by atoms with Crippen LogP contribution in [0.15, 0.2) is 59.5 Å². The van der Waals surface area contributed by atoms with Crippen molar-refractivity contribution in [2.75, 3.05) is 12.4 Å². The van der Waals surface area contributed by atoms with Crippen molar-refractivity contribution in [2.45, 2.75) is 56.4 Å². The summed E-state index contributed by atoms with van der Waals surface area (Å²) in [5.41, 5.74) is 1.54. The summed E-state index contributed by atoms with van der Waals surface area (Å²) in [7, 11) is -2.05. The number of carbonyl (C=O) groups is 1. The van der Waals surface area contributed by atoms with E-state index in [-0.39, 0.29) is 15.9 Å². The molecule has 2 aromatic rings. The fourth-order valence-corrected chi connectivity index (χ4v) is 5.37. The van der Waals surface area contributed by atoms with Crippen molar-refractivity contribution in [3.05, 3.63) is 60.2 Å². The third-order valence-corrected chi connectivity index (χ3v) is 7.85. The van der Waals surface area contributed by atoms with E-state index in [1.165, 1.54) is 48.5 Å². The first-order valence-electron chi connectivity index (χ1n) is 11.1. The number of nitrogens with one attached hydrogen (secondary N) is 2. The maximum atomic E-state index is 12.8. The second-order valence-electron chi connectivity index (χ2n) is 8.32. The first-order valence-corrected chi connectivity index (χ1v) is 12.9. The van der Waals surface area contributed by atoms with Crippen LogP contribution in [0.2, 0.25) is 0 Å². The van der Waals surface area contributed by atoms with Gasteiger partial charge in [-0.3, -0.25) is 4.79 Å². The van der Waals surface area contributed by atoms with Crippen molar-refractivity contribution < 1.29 is 13.2 Å². The van der Waals surface area contributed by atoms with Crippen LogP contribution in [0.3, 0.4) is 0 Å². The van der Waals surface area contributed by atoms with Gasteiger partial charge in [0, 0.05) is 25.7 Å². The summed E-state index contributed by atoms with van der Waals surface area (Å²) in [6.07, 6.45) is 7.63. The second-order valence-corrected chi connectivity index (χ2v) is 10.8. The molecule has 0 saturated heterocycles. The van der Waals surface area contributed by atoms with Gasteiger partial charge < -0.3 is 10.6 Å². The molecule has 172 valence electrons. The van der Waals surface area contributed by atoms with Crippen LogP contribution in [0.1, 0.15) is 50.5 Å². The van der Waals surface area contributed by atoms with E-state index in [1.54, 1.807) is 19.2 Å². The first kappa shape index (κ1) is 24.4. The summed E-state index contributed by atoms with van der Waals surface area (Å²) < 4.78 is 27.0. The van der Waals surface area contributed by atoms with Crippen LogP contribution in [0.5, 0.6) is 0 Å². The molecule has 2 aromatic carbocycles. The fourth-order valence-electron chi connectivity index (χ4n) is 3.98. The standard InChI is InChI=1S/C24H31N3O3S2/c1-27(18-20-10-6-3-7-11-20)32(29,30)22-15-13-21(14-16-22)25-24(31)26-23(28)17-12-19-8-4-2-5-9-19/h3,6-7,10-11,13-16,19H,2,4-5,8-9,12,17-18H2,1H3,(H2,25,26,28,31). The zero-order chi connectivity index (χ0) is 23.0. The zero-order valence-corrected chi connectivity index (χ0v) is 20.1. The molecular weight excluding hydrogens is 442 g/mol. The van der Waals surface area contributed by atoms with Crippen LogP contribution in [0.25, 0.3) is 0 Å². The van der Waals surface area contributed by atoms with Crippen LogP contribution < -0.4 is 10.6 Å². The van der Waals surface area contributed by atoms with Crippen LogP contribution in [-0.4, -0.2) is 30.8 Å². The Morgan fingerprint density at radius 3 is 2.34 bits per heavy atom. The summed E-state index contributed by atoms with van der Waals surface area (Å²) in [6, 6.07) is 15.8. The lowest BCUT2D eigenvalue weighted by Gasteiger charge is -2.21. The van der Waals surface area contributed by atoms with Crippen LogP contribution >= 0.6 is 12.2 Å². The molecule has 6 nitrogen and oxygen atoms in total. The third kappa shape index (κ3) is 7.12. The van der Waals surface area contributed by atoms with E-state index in [9.17, 15) is 13.2 Å². The number of hydrogen-bond donors (Lipinski definition) is 2. The predicted molar refractivity (Wildman–Crippen MR) is 132 cm³/mol. The molecule has 0 aliphatic heterocycles. The molecule has 0 radical (unpaired) electrons. The Balaban J connectivity index is 1.49. The molecule has 0 aromatic heterocycles. The molecule has 3 rings (SSSR count). The molecule has 0 atom stereocenters. The number of carbonyl (C=O) groups excluding carboxylic acids is 1. The molecule has 1 aliphatic carbocycles. The van der Waals surface area contributed by atoms with Gasteiger partial charge in [-0.1, -0.05) is 62.4 Å². The van der Waals surface area contributed by atoms with Gasteiger partial charge in [-0.25, -0.2) is 8.42 Å². The van der Waals surface area contributed by atoms with Crippen molar-refractivity contribution in [1.82, 2.24) is 9.62 Å². The number of rotatable bonds is 8. The Bertz CT molecular complexity index is 1000. The average Bonchev–Trinajstić information content (AvgIpc) is 2.79. The Kier molecular flexibility index (Phi) is 8.78. The minimum absolute atomic E-state index is 0.0881. The summed E-state index contributed by atoms with van der Waals surface area (Å²) in [5, 5.41) is 5.88. The molecule has 0 spiro atoms. The second kappa shape index (κ2) is 11.5. The summed E-state index contributed by atoms with van der Waals surface area (Å²) in [4.78, 5) is 12.4. The fraction of sp³-hybridized carbons (Fsp3) is 0.417. The molecule has 1 fully saturated rings. The summed E-state index contributed by atoms with van der Waals surface area (Å²) in [6.45, 7) is 0.292. The highest BCUT2D eigenvalue weighted by Crippen LogP contribution is 2.27. The zero-order valence-electron chi connectivity index (χ0n) is 18.4. The molecule has 0 unspecified atom stereocenters. The van der Waals surface area contributed by atoms with Gasteiger partial charge in [0.15, 0.2) is 5.11 Å². The van der Waals surface area contributed by atoms with Crippen molar-refractivity contribution in [3.8, 4) is 0 Å². The highest BCUT2D eigenvalue weighted by molar-refractivity contribution is 7.89. The van der Waals surface area contributed by atoms with Crippen molar-refractivity contribution in [2.24, 2.45) is 5.92 Å². The van der Waals surface area contributed by atoms with E-state index >= 15 is 0 Å². The lowest BCUT2D eigenvalue weighted by atomic mass is 9.86. The molecule has 0 bridgehead atoms.